The maximum atomic E-state index is 9.27. The summed E-state index contributed by atoms with van der Waals surface area (Å²) in [5.74, 6) is 0.986. The Balaban J connectivity index is 2.08. The Bertz CT molecular complexity index is 587. The molecule has 2 rings (SSSR count). The van der Waals surface area contributed by atoms with Crippen LogP contribution in [-0.4, -0.2) is 42.5 Å². The summed E-state index contributed by atoms with van der Waals surface area (Å²) in [6.45, 7) is 8.64. The van der Waals surface area contributed by atoms with E-state index in [-0.39, 0.29) is 6.61 Å². The molecule has 2 aromatic heterocycles. The standard InChI is InChI=1S/C15H23N5O/c1-4-6-20-11-14(13(2)17-20)10-19(8-9-21)12-15-16-5-7-18(15)3/h4-5,7,11,21H,1,6,8-10,12H2,2-3H3. The Morgan fingerprint density at radius 2 is 2.24 bits per heavy atom. The second-order valence-electron chi connectivity index (χ2n) is 5.14. The molecule has 6 nitrogen and oxygen atoms in total. The molecule has 0 saturated carbocycles. The van der Waals surface area contributed by atoms with Crippen LogP contribution in [0, 0.1) is 6.92 Å². The second kappa shape index (κ2) is 7.19. The van der Waals surface area contributed by atoms with Crippen LogP contribution in [0.1, 0.15) is 17.1 Å². The largest absolute Gasteiger partial charge is 0.395 e. The lowest BCUT2D eigenvalue weighted by Crippen LogP contribution is -2.27. The van der Waals surface area contributed by atoms with Gasteiger partial charge in [0.15, 0.2) is 0 Å². The van der Waals surface area contributed by atoms with Crippen molar-refractivity contribution in [2.45, 2.75) is 26.6 Å². The Morgan fingerprint density at radius 1 is 1.43 bits per heavy atom. The SMILES string of the molecule is C=CCn1cc(CN(CCO)Cc2nccn2C)c(C)n1. The number of aromatic nitrogens is 4. The van der Waals surface area contributed by atoms with E-state index in [1.54, 1.807) is 6.20 Å². The van der Waals surface area contributed by atoms with Gasteiger partial charge in [0.25, 0.3) is 0 Å². The van der Waals surface area contributed by atoms with E-state index < -0.39 is 0 Å². The van der Waals surface area contributed by atoms with Gasteiger partial charge in [-0.15, -0.1) is 6.58 Å². The minimum atomic E-state index is 0.129. The van der Waals surface area contributed by atoms with Crippen molar-refractivity contribution >= 4 is 0 Å². The molecule has 0 saturated heterocycles. The zero-order valence-corrected chi connectivity index (χ0v) is 12.7. The van der Waals surface area contributed by atoms with Gasteiger partial charge in [0, 0.05) is 44.3 Å². The molecular weight excluding hydrogens is 266 g/mol. The van der Waals surface area contributed by atoms with E-state index in [0.717, 1.165) is 18.1 Å². The maximum Gasteiger partial charge on any atom is 0.122 e. The molecule has 0 aliphatic carbocycles. The first-order valence-corrected chi connectivity index (χ1v) is 7.07. The van der Waals surface area contributed by atoms with Gasteiger partial charge >= 0.3 is 0 Å². The molecule has 2 heterocycles. The van der Waals surface area contributed by atoms with Crippen LogP contribution in [0.5, 0.6) is 0 Å². The number of hydrogen-bond donors (Lipinski definition) is 1. The molecule has 0 bridgehead atoms. The average Bonchev–Trinajstić information content (AvgIpc) is 2.98. The van der Waals surface area contributed by atoms with Crippen LogP contribution in [0.3, 0.4) is 0 Å². The van der Waals surface area contributed by atoms with Gasteiger partial charge < -0.3 is 9.67 Å². The van der Waals surface area contributed by atoms with Gasteiger partial charge in [-0.3, -0.25) is 9.58 Å². The first-order chi connectivity index (χ1) is 10.1. The fourth-order valence-electron chi connectivity index (χ4n) is 2.29. The number of aliphatic hydroxyl groups is 1. The van der Waals surface area contributed by atoms with E-state index in [1.165, 1.54) is 5.56 Å². The molecule has 0 atom stereocenters. The van der Waals surface area contributed by atoms with Gasteiger partial charge in [-0.25, -0.2) is 4.98 Å². The fourth-order valence-corrected chi connectivity index (χ4v) is 2.29. The third-order valence-electron chi connectivity index (χ3n) is 3.46. The van der Waals surface area contributed by atoms with Gasteiger partial charge in [0.1, 0.15) is 5.82 Å². The van der Waals surface area contributed by atoms with Gasteiger partial charge in [0.2, 0.25) is 0 Å². The van der Waals surface area contributed by atoms with E-state index in [1.807, 2.05) is 41.7 Å². The van der Waals surface area contributed by atoms with E-state index in [9.17, 15) is 5.11 Å². The summed E-state index contributed by atoms with van der Waals surface area (Å²) in [6, 6.07) is 0. The molecule has 0 aromatic carbocycles. The van der Waals surface area contributed by atoms with Gasteiger partial charge in [-0.1, -0.05) is 6.08 Å². The monoisotopic (exact) mass is 289 g/mol. The van der Waals surface area contributed by atoms with Gasteiger partial charge in [-0.2, -0.15) is 5.10 Å². The van der Waals surface area contributed by atoms with Crippen molar-refractivity contribution in [2.24, 2.45) is 7.05 Å². The number of rotatable bonds is 8. The molecule has 0 amide bonds. The molecule has 2 aromatic rings. The normalized spacial score (nSPS) is 11.2. The molecule has 0 aliphatic rings. The molecule has 21 heavy (non-hydrogen) atoms. The van der Waals surface area contributed by atoms with Crippen LogP contribution < -0.4 is 0 Å². The Morgan fingerprint density at radius 3 is 2.86 bits per heavy atom. The summed E-state index contributed by atoms with van der Waals surface area (Å²) in [4.78, 5) is 6.51. The molecule has 0 aliphatic heterocycles. The van der Waals surface area contributed by atoms with Crippen molar-refractivity contribution in [1.82, 2.24) is 24.2 Å². The zero-order chi connectivity index (χ0) is 15.2. The molecule has 0 fully saturated rings. The van der Waals surface area contributed by atoms with Crippen LogP contribution in [0.25, 0.3) is 0 Å². The lowest BCUT2D eigenvalue weighted by atomic mass is 10.2. The van der Waals surface area contributed by atoms with Gasteiger partial charge in [0.05, 0.1) is 25.4 Å². The van der Waals surface area contributed by atoms with Crippen LogP contribution in [0.4, 0.5) is 0 Å². The molecule has 0 radical (unpaired) electrons. The van der Waals surface area contributed by atoms with Crippen LogP contribution in [0.2, 0.25) is 0 Å². The highest BCUT2D eigenvalue weighted by molar-refractivity contribution is 5.15. The quantitative estimate of drug-likeness (QED) is 0.740. The average molecular weight is 289 g/mol. The molecule has 114 valence electrons. The van der Waals surface area contributed by atoms with Crippen LogP contribution in [0.15, 0.2) is 31.2 Å². The minimum Gasteiger partial charge on any atom is -0.395 e. The predicted octanol–water partition coefficient (Wildman–Crippen LogP) is 1.11. The van der Waals surface area contributed by atoms with E-state index in [4.69, 9.17) is 0 Å². The third-order valence-corrected chi connectivity index (χ3v) is 3.46. The summed E-state index contributed by atoms with van der Waals surface area (Å²) in [5.41, 5.74) is 2.18. The second-order valence-corrected chi connectivity index (χ2v) is 5.14. The molecular formula is C15H23N5O. The van der Waals surface area contributed by atoms with Crippen LogP contribution in [-0.2, 0) is 26.7 Å². The zero-order valence-electron chi connectivity index (χ0n) is 12.7. The Labute approximate surface area is 125 Å². The van der Waals surface area contributed by atoms with Crippen LogP contribution >= 0.6 is 0 Å². The van der Waals surface area contributed by atoms with Gasteiger partial charge in [-0.05, 0) is 6.92 Å². The van der Waals surface area contributed by atoms with Crippen molar-refractivity contribution < 1.29 is 5.11 Å². The maximum absolute atomic E-state index is 9.27. The summed E-state index contributed by atoms with van der Waals surface area (Å²) in [6.07, 6.45) is 7.59. The Kier molecular flexibility index (Phi) is 5.30. The molecule has 0 unspecified atom stereocenters. The number of allylic oxidation sites excluding steroid dienone is 1. The number of imidazole rings is 1. The van der Waals surface area contributed by atoms with Crippen molar-refractivity contribution in [3.63, 3.8) is 0 Å². The first-order valence-electron chi connectivity index (χ1n) is 7.07. The smallest absolute Gasteiger partial charge is 0.122 e. The first kappa shape index (κ1) is 15.5. The predicted molar refractivity (Wildman–Crippen MR) is 81.6 cm³/mol. The van der Waals surface area contributed by atoms with E-state index in [2.05, 4.69) is 21.6 Å². The lowest BCUT2D eigenvalue weighted by Gasteiger charge is -2.20. The highest BCUT2D eigenvalue weighted by Crippen LogP contribution is 2.12. The topological polar surface area (TPSA) is 59.1 Å². The molecule has 0 spiro atoms. The summed E-state index contributed by atoms with van der Waals surface area (Å²) >= 11 is 0. The highest BCUT2D eigenvalue weighted by Gasteiger charge is 2.13. The summed E-state index contributed by atoms with van der Waals surface area (Å²) < 4.78 is 3.88. The van der Waals surface area contributed by atoms with E-state index in [0.29, 0.717) is 19.6 Å². The third kappa shape index (κ3) is 4.03. The lowest BCUT2D eigenvalue weighted by molar-refractivity contribution is 0.180. The highest BCUT2D eigenvalue weighted by atomic mass is 16.3. The number of hydrogen-bond acceptors (Lipinski definition) is 4. The van der Waals surface area contributed by atoms with Crippen molar-refractivity contribution in [3.8, 4) is 0 Å². The van der Waals surface area contributed by atoms with Crippen molar-refractivity contribution in [3.05, 3.63) is 48.3 Å². The van der Waals surface area contributed by atoms with Crippen molar-refractivity contribution in [2.75, 3.05) is 13.2 Å². The molecule has 1 N–H and O–H groups in total. The summed E-state index contributed by atoms with van der Waals surface area (Å²) in [7, 11) is 1.98. The molecule has 6 heteroatoms. The number of nitrogens with zero attached hydrogens (tertiary/aromatic N) is 5. The fraction of sp³-hybridized carbons (Fsp3) is 0.467. The Hall–Kier alpha value is -1.92. The minimum absolute atomic E-state index is 0.129. The summed E-state index contributed by atoms with van der Waals surface area (Å²) in [5, 5.41) is 13.7. The number of aryl methyl sites for hydroxylation is 2. The van der Waals surface area contributed by atoms with Crippen molar-refractivity contribution in [1.29, 1.82) is 0 Å². The van der Waals surface area contributed by atoms with E-state index >= 15 is 0 Å². The number of aliphatic hydroxyl groups excluding tert-OH is 1.